The Morgan fingerprint density at radius 1 is 1.22 bits per heavy atom. The summed E-state index contributed by atoms with van der Waals surface area (Å²) < 4.78 is 0. The van der Waals surface area contributed by atoms with Crippen LogP contribution in [0.4, 0.5) is 0 Å². The van der Waals surface area contributed by atoms with Gasteiger partial charge < -0.3 is 5.32 Å². The van der Waals surface area contributed by atoms with Crippen LogP contribution in [0, 0.1) is 0 Å². The van der Waals surface area contributed by atoms with Gasteiger partial charge in [0, 0.05) is 37.1 Å². The van der Waals surface area contributed by atoms with Crippen LogP contribution in [0.1, 0.15) is 38.2 Å². The molecule has 2 atom stereocenters. The summed E-state index contributed by atoms with van der Waals surface area (Å²) in [6.45, 7) is 4.43. The Labute approximate surface area is 110 Å². The number of piperidine rings is 1. The van der Waals surface area contributed by atoms with Crippen LogP contribution in [-0.4, -0.2) is 34.6 Å². The summed E-state index contributed by atoms with van der Waals surface area (Å²) in [6.07, 6.45) is 9.24. The third kappa shape index (κ3) is 2.43. The average molecular weight is 245 g/mol. The standard InChI is InChI=1S/C15H23N3/c1-2-17-13-9-14-3-4-15(10-13)18(14)11-12-5-7-16-8-6-12/h5-8,13-15,17H,2-4,9-11H2,1H3. The van der Waals surface area contributed by atoms with Gasteiger partial charge in [-0.3, -0.25) is 9.88 Å². The fourth-order valence-electron chi connectivity index (χ4n) is 3.69. The molecular weight excluding hydrogens is 222 g/mol. The maximum absolute atomic E-state index is 4.10. The zero-order valence-corrected chi connectivity index (χ0v) is 11.2. The second kappa shape index (κ2) is 5.37. The van der Waals surface area contributed by atoms with Gasteiger partial charge in [0.05, 0.1) is 0 Å². The maximum atomic E-state index is 4.10. The molecule has 0 spiro atoms. The molecule has 18 heavy (non-hydrogen) atoms. The summed E-state index contributed by atoms with van der Waals surface area (Å²) in [6, 6.07) is 6.63. The Hall–Kier alpha value is -0.930. The molecule has 0 aliphatic carbocycles. The first-order valence-electron chi connectivity index (χ1n) is 7.25. The summed E-state index contributed by atoms with van der Waals surface area (Å²) in [4.78, 5) is 6.83. The first-order chi connectivity index (χ1) is 8.86. The number of rotatable bonds is 4. The van der Waals surface area contributed by atoms with E-state index < -0.39 is 0 Å². The Kier molecular flexibility index (Phi) is 3.62. The molecule has 0 saturated carbocycles. The number of nitrogens with one attached hydrogen (secondary N) is 1. The van der Waals surface area contributed by atoms with E-state index in [0.29, 0.717) is 0 Å². The summed E-state index contributed by atoms with van der Waals surface area (Å²) in [5.41, 5.74) is 1.41. The Morgan fingerprint density at radius 3 is 2.50 bits per heavy atom. The largest absolute Gasteiger partial charge is 0.314 e. The van der Waals surface area contributed by atoms with E-state index in [0.717, 1.165) is 31.2 Å². The van der Waals surface area contributed by atoms with E-state index in [2.05, 4.69) is 34.3 Å². The fraction of sp³-hybridized carbons (Fsp3) is 0.667. The van der Waals surface area contributed by atoms with Crippen molar-refractivity contribution in [3.63, 3.8) is 0 Å². The molecule has 0 radical (unpaired) electrons. The average Bonchev–Trinajstić information content (AvgIpc) is 2.63. The van der Waals surface area contributed by atoms with Gasteiger partial charge in [-0.1, -0.05) is 6.92 Å². The van der Waals surface area contributed by atoms with Crippen molar-refractivity contribution in [3.8, 4) is 0 Å². The van der Waals surface area contributed by atoms with E-state index in [1.54, 1.807) is 0 Å². The quantitative estimate of drug-likeness (QED) is 0.881. The van der Waals surface area contributed by atoms with Crippen LogP contribution < -0.4 is 5.32 Å². The van der Waals surface area contributed by atoms with Gasteiger partial charge in [-0.15, -0.1) is 0 Å². The topological polar surface area (TPSA) is 28.2 Å². The lowest BCUT2D eigenvalue weighted by Crippen LogP contribution is -2.48. The minimum absolute atomic E-state index is 0.751. The number of pyridine rings is 1. The Morgan fingerprint density at radius 2 is 1.89 bits per heavy atom. The van der Waals surface area contributed by atoms with E-state index in [4.69, 9.17) is 0 Å². The molecule has 2 fully saturated rings. The van der Waals surface area contributed by atoms with Crippen LogP contribution in [0.25, 0.3) is 0 Å². The van der Waals surface area contributed by atoms with Crippen LogP contribution in [-0.2, 0) is 6.54 Å². The van der Waals surface area contributed by atoms with Crippen LogP contribution in [0.15, 0.2) is 24.5 Å². The van der Waals surface area contributed by atoms with E-state index in [1.165, 1.54) is 31.2 Å². The van der Waals surface area contributed by atoms with Crippen molar-refractivity contribution in [1.82, 2.24) is 15.2 Å². The third-order valence-corrected chi connectivity index (χ3v) is 4.49. The van der Waals surface area contributed by atoms with E-state index in [-0.39, 0.29) is 0 Å². The van der Waals surface area contributed by atoms with Crippen molar-refractivity contribution < 1.29 is 0 Å². The zero-order chi connectivity index (χ0) is 12.4. The SMILES string of the molecule is CCNC1CC2CCC(C1)N2Cc1ccncc1. The lowest BCUT2D eigenvalue weighted by molar-refractivity contribution is 0.110. The smallest absolute Gasteiger partial charge is 0.0271 e. The number of fused-ring (bicyclic) bond motifs is 2. The minimum atomic E-state index is 0.751. The van der Waals surface area contributed by atoms with Crippen LogP contribution in [0.3, 0.4) is 0 Å². The molecular formula is C15H23N3. The molecule has 1 aromatic heterocycles. The van der Waals surface area contributed by atoms with Crippen molar-refractivity contribution >= 4 is 0 Å². The van der Waals surface area contributed by atoms with Crippen molar-refractivity contribution in [2.24, 2.45) is 0 Å². The van der Waals surface area contributed by atoms with Gasteiger partial charge in [-0.2, -0.15) is 0 Å². The Bertz CT molecular complexity index is 365. The number of aromatic nitrogens is 1. The minimum Gasteiger partial charge on any atom is -0.314 e. The lowest BCUT2D eigenvalue weighted by Gasteiger charge is -2.39. The molecule has 3 heteroatoms. The van der Waals surface area contributed by atoms with Crippen LogP contribution in [0.5, 0.6) is 0 Å². The van der Waals surface area contributed by atoms with Crippen LogP contribution in [0.2, 0.25) is 0 Å². The molecule has 0 amide bonds. The summed E-state index contributed by atoms with van der Waals surface area (Å²) in [5, 5.41) is 3.63. The molecule has 2 unspecified atom stereocenters. The first-order valence-corrected chi connectivity index (χ1v) is 7.25. The highest BCUT2D eigenvalue weighted by atomic mass is 15.2. The predicted molar refractivity (Wildman–Crippen MR) is 73.3 cm³/mol. The van der Waals surface area contributed by atoms with Gasteiger partial charge in [-0.25, -0.2) is 0 Å². The highest BCUT2D eigenvalue weighted by molar-refractivity contribution is 5.11. The summed E-state index contributed by atoms with van der Waals surface area (Å²) in [7, 11) is 0. The monoisotopic (exact) mass is 245 g/mol. The van der Waals surface area contributed by atoms with Crippen molar-refractivity contribution in [3.05, 3.63) is 30.1 Å². The first kappa shape index (κ1) is 12.1. The molecule has 1 N–H and O–H groups in total. The van der Waals surface area contributed by atoms with Crippen molar-refractivity contribution in [2.45, 2.75) is 57.3 Å². The molecule has 3 nitrogen and oxygen atoms in total. The number of hydrogen-bond acceptors (Lipinski definition) is 3. The molecule has 0 aromatic carbocycles. The molecule has 1 aromatic rings. The van der Waals surface area contributed by atoms with Crippen molar-refractivity contribution in [2.75, 3.05) is 6.54 Å². The predicted octanol–water partition coefficient (Wildman–Crippen LogP) is 2.19. The van der Waals surface area contributed by atoms with Gasteiger partial charge in [0.2, 0.25) is 0 Å². The normalized spacial score (nSPS) is 31.7. The molecule has 2 aliphatic rings. The molecule has 98 valence electrons. The van der Waals surface area contributed by atoms with E-state index in [9.17, 15) is 0 Å². The Balaban J connectivity index is 1.65. The molecule has 2 bridgehead atoms. The maximum Gasteiger partial charge on any atom is 0.0271 e. The third-order valence-electron chi connectivity index (χ3n) is 4.49. The van der Waals surface area contributed by atoms with E-state index in [1.807, 2.05) is 12.4 Å². The van der Waals surface area contributed by atoms with Gasteiger partial charge in [0.1, 0.15) is 0 Å². The number of hydrogen-bond donors (Lipinski definition) is 1. The van der Waals surface area contributed by atoms with Gasteiger partial charge >= 0.3 is 0 Å². The molecule has 2 saturated heterocycles. The lowest BCUT2D eigenvalue weighted by atomic mass is 9.96. The molecule has 3 heterocycles. The second-order valence-electron chi connectivity index (χ2n) is 5.64. The van der Waals surface area contributed by atoms with Crippen LogP contribution >= 0.6 is 0 Å². The summed E-state index contributed by atoms with van der Waals surface area (Å²) in [5.74, 6) is 0. The highest BCUT2D eigenvalue weighted by Crippen LogP contribution is 2.36. The molecule has 3 rings (SSSR count). The highest BCUT2D eigenvalue weighted by Gasteiger charge is 2.40. The van der Waals surface area contributed by atoms with Gasteiger partial charge in [0.25, 0.3) is 0 Å². The summed E-state index contributed by atoms with van der Waals surface area (Å²) >= 11 is 0. The fourth-order valence-corrected chi connectivity index (χ4v) is 3.69. The van der Waals surface area contributed by atoms with Crippen molar-refractivity contribution in [1.29, 1.82) is 0 Å². The van der Waals surface area contributed by atoms with E-state index >= 15 is 0 Å². The molecule has 2 aliphatic heterocycles. The zero-order valence-electron chi connectivity index (χ0n) is 11.2. The van der Waals surface area contributed by atoms with Gasteiger partial charge in [0.15, 0.2) is 0 Å². The second-order valence-corrected chi connectivity index (χ2v) is 5.64. The number of nitrogens with zero attached hydrogens (tertiary/aromatic N) is 2. The van der Waals surface area contributed by atoms with Gasteiger partial charge in [-0.05, 0) is 49.9 Å².